The van der Waals surface area contributed by atoms with Crippen molar-refractivity contribution in [1.82, 2.24) is 5.32 Å². The second-order valence-electron chi connectivity index (χ2n) is 5.11. The van der Waals surface area contributed by atoms with Crippen molar-refractivity contribution >= 4 is 23.5 Å². The van der Waals surface area contributed by atoms with Crippen molar-refractivity contribution in [3.05, 3.63) is 54.0 Å². The fraction of sp³-hybridized carbons (Fsp3) is 0.235. The van der Waals surface area contributed by atoms with Crippen LogP contribution in [0.3, 0.4) is 0 Å². The third kappa shape index (κ3) is 4.98. The number of furan rings is 1. The van der Waals surface area contributed by atoms with Gasteiger partial charge in [0.1, 0.15) is 5.76 Å². The Kier molecular flexibility index (Phi) is 5.73. The molecule has 7 nitrogen and oxygen atoms in total. The summed E-state index contributed by atoms with van der Waals surface area (Å²) in [4.78, 5) is 35.1. The van der Waals surface area contributed by atoms with Gasteiger partial charge < -0.3 is 19.8 Å². The van der Waals surface area contributed by atoms with E-state index in [1.54, 1.807) is 30.3 Å². The van der Waals surface area contributed by atoms with Gasteiger partial charge in [0.25, 0.3) is 5.91 Å². The van der Waals surface area contributed by atoms with Crippen LogP contribution in [0.25, 0.3) is 0 Å². The van der Waals surface area contributed by atoms with Gasteiger partial charge in [-0.15, -0.1) is 0 Å². The van der Waals surface area contributed by atoms with Gasteiger partial charge in [-0.1, -0.05) is 6.07 Å². The summed E-state index contributed by atoms with van der Waals surface area (Å²) in [6.45, 7) is 3.06. The van der Waals surface area contributed by atoms with E-state index < -0.39 is 18.0 Å². The molecular weight excluding hydrogens is 312 g/mol. The minimum absolute atomic E-state index is 0.214. The van der Waals surface area contributed by atoms with E-state index in [0.29, 0.717) is 11.4 Å². The van der Waals surface area contributed by atoms with Gasteiger partial charge in [0, 0.05) is 12.6 Å². The van der Waals surface area contributed by atoms with Crippen LogP contribution in [0.15, 0.2) is 47.1 Å². The first-order valence-corrected chi connectivity index (χ1v) is 7.34. The van der Waals surface area contributed by atoms with E-state index in [9.17, 15) is 14.4 Å². The number of nitrogens with one attached hydrogen (secondary N) is 2. The number of esters is 1. The molecule has 0 saturated heterocycles. The lowest BCUT2D eigenvalue weighted by Crippen LogP contribution is -2.35. The summed E-state index contributed by atoms with van der Waals surface area (Å²) in [6, 6.07) is 9.73. The number of carbonyl (C=O) groups excluding carboxylic acids is 3. The number of hydrogen-bond acceptors (Lipinski definition) is 5. The molecule has 1 heterocycles. The Morgan fingerprint density at radius 2 is 2.00 bits per heavy atom. The van der Waals surface area contributed by atoms with Crippen LogP contribution in [0.4, 0.5) is 5.69 Å². The molecule has 126 valence electrons. The van der Waals surface area contributed by atoms with Gasteiger partial charge in [-0.3, -0.25) is 9.59 Å². The van der Waals surface area contributed by atoms with Gasteiger partial charge in [0.15, 0.2) is 6.10 Å². The SMILES string of the molecule is CC(=O)Nc1cccc(C(=O)O[C@H](C)C(=O)NCc2ccco2)c1. The predicted molar refractivity (Wildman–Crippen MR) is 86.2 cm³/mol. The van der Waals surface area contributed by atoms with Gasteiger partial charge >= 0.3 is 5.97 Å². The minimum Gasteiger partial charge on any atom is -0.467 e. The lowest BCUT2D eigenvalue weighted by atomic mass is 10.2. The maximum atomic E-state index is 12.1. The van der Waals surface area contributed by atoms with Crippen molar-refractivity contribution in [3.63, 3.8) is 0 Å². The van der Waals surface area contributed by atoms with E-state index in [2.05, 4.69) is 10.6 Å². The number of rotatable bonds is 6. The second kappa shape index (κ2) is 7.96. The maximum absolute atomic E-state index is 12.1. The molecule has 1 aromatic heterocycles. The Balaban J connectivity index is 1.90. The van der Waals surface area contributed by atoms with Crippen LogP contribution in [0.1, 0.15) is 30.0 Å². The lowest BCUT2D eigenvalue weighted by Gasteiger charge is -2.13. The van der Waals surface area contributed by atoms with E-state index in [0.717, 1.165) is 0 Å². The molecule has 0 aliphatic heterocycles. The van der Waals surface area contributed by atoms with Gasteiger partial charge in [0.2, 0.25) is 5.91 Å². The first kappa shape index (κ1) is 17.3. The molecule has 1 atom stereocenters. The van der Waals surface area contributed by atoms with Gasteiger partial charge in [0.05, 0.1) is 18.4 Å². The molecule has 2 rings (SSSR count). The van der Waals surface area contributed by atoms with E-state index in [1.807, 2.05) is 0 Å². The Morgan fingerprint density at radius 3 is 2.67 bits per heavy atom. The zero-order valence-electron chi connectivity index (χ0n) is 13.4. The summed E-state index contributed by atoms with van der Waals surface area (Å²) < 4.78 is 10.2. The van der Waals surface area contributed by atoms with Gasteiger partial charge in [-0.05, 0) is 37.3 Å². The number of anilines is 1. The monoisotopic (exact) mass is 330 g/mol. The summed E-state index contributed by atoms with van der Waals surface area (Å²) in [7, 11) is 0. The normalized spacial score (nSPS) is 11.4. The van der Waals surface area contributed by atoms with E-state index >= 15 is 0 Å². The second-order valence-corrected chi connectivity index (χ2v) is 5.11. The number of carbonyl (C=O) groups is 3. The molecule has 0 saturated carbocycles. The molecule has 0 aliphatic rings. The average molecular weight is 330 g/mol. The van der Waals surface area contributed by atoms with Crippen LogP contribution < -0.4 is 10.6 Å². The third-order valence-electron chi connectivity index (χ3n) is 3.09. The van der Waals surface area contributed by atoms with E-state index in [-0.39, 0.29) is 18.0 Å². The molecule has 0 bridgehead atoms. The zero-order chi connectivity index (χ0) is 17.5. The summed E-state index contributed by atoms with van der Waals surface area (Å²) in [5, 5.41) is 5.19. The van der Waals surface area contributed by atoms with Crippen LogP contribution in [0.2, 0.25) is 0 Å². The van der Waals surface area contributed by atoms with Crippen LogP contribution >= 0.6 is 0 Å². The molecular formula is C17H18N2O5. The van der Waals surface area contributed by atoms with Gasteiger partial charge in [-0.2, -0.15) is 0 Å². The molecule has 1 aromatic carbocycles. The summed E-state index contributed by atoms with van der Waals surface area (Å²) in [5.74, 6) is -0.725. The molecule has 7 heteroatoms. The lowest BCUT2D eigenvalue weighted by molar-refractivity contribution is -0.129. The average Bonchev–Trinajstić information content (AvgIpc) is 3.05. The molecule has 0 unspecified atom stereocenters. The highest BCUT2D eigenvalue weighted by molar-refractivity contribution is 5.95. The highest BCUT2D eigenvalue weighted by Gasteiger charge is 2.19. The number of amides is 2. The van der Waals surface area contributed by atoms with Crippen molar-refractivity contribution in [3.8, 4) is 0 Å². The molecule has 0 radical (unpaired) electrons. The van der Waals surface area contributed by atoms with Crippen molar-refractivity contribution in [2.45, 2.75) is 26.5 Å². The maximum Gasteiger partial charge on any atom is 0.338 e. The van der Waals surface area contributed by atoms with Crippen LogP contribution in [0, 0.1) is 0 Å². The number of ether oxygens (including phenoxy) is 1. The van der Waals surface area contributed by atoms with Crippen molar-refractivity contribution < 1.29 is 23.5 Å². The Morgan fingerprint density at radius 1 is 1.21 bits per heavy atom. The number of hydrogen-bond donors (Lipinski definition) is 2. The molecule has 24 heavy (non-hydrogen) atoms. The smallest absolute Gasteiger partial charge is 0.338 e. The fourth-order valence-corrected chi connectivity index (χ4v) is 1.94. The van der Waals surface area contributed by atoms with Crippen molar-refractivity contribution in [2.75, 3.05) is 5.32 Å². The minimum atomic E-state index is -0.961. The highest BCUT2D eigenvalue weighted by atomic mass is 16.5. The third-order valence-corrected chi connectivity index (χ3v) is 3.09. The first-order chi connectivity index (χ1) is 11.5. The van der Waals surface area contributed by atoms with Crippen LogP contribution in [-0.4, -0.2) is 23.9 Å². The van der Waals surface area contributed by atoms with Crippen LogP contribution in [-0.2, 0) is 20.9 Å². The number of benzene rings is 1. The zero-order valence-corrected chi connectivity index (χ0v) is 13.4. The molecule has 0 aliphatic carbocycles. The highest BCUT2D eigenvalue weighted by Crippen LogP contribution is 2.12. The van der Waals surface area contributed by atoms with E-state index in [1.165, 1.54) is 26.2 Å². The molecule has 2 amide bonds. The quantitative estimate of drug-likeness (QED) is 0.791. The summed E-state index contributed by atoms with van der Waals surface area (Å²) >= 11 is 0. The molecule has 2 aromatic rings. The standard InChI is InChI=1S/C17H18N2O5/c1-11(16(21)18-10-15-7-4-8-23-15)24-17(22)13-5-3-6-14(9-13)19-12(2)20/h3-9,11H,10H2,1-2H3,(H,18,21)(H,19,20)/t11-/m1/s1. The van der Waals surface area contributed by atoms with Crippen LogP contribution in [0.5, 0.6) is 0 Å². The topological polar surface area (TPSA) is 97.6 Å². The molecule has 0 spiro atoms. The van der Waals surface area contributed by atoms with Crippen molar-refractivity contribution in [1.29, 1.82) is 0 Å². The largest absolute Gasteiger partial charge is 0.467 e. The molecule has 2 N–H and O–H groups in total. The van der Waals surface area contributed by atoms with Crippen molar-refractivity contribution in [2.24, 2.45) is 0 Å². The Labute approximate surface area is 139 Å². The first-order valence-electron chi connectivity index (χ1n) is 7.34. The predicted octanol–water partition coefficient (Wildman–Crippen LogP) is 2.10. The van der Waals surface area contributed by atoms with Gasteiger partial charge in [-0.25, -0.2) is 4.79 Å². The summed E-state index contributed by atoms with van der Waals surface area (Å²) in [5.41, 5.74) is 0.721. The summed E-state index contributed by atoms with van der Waals surface area (Å²) in [6.07, 6.45) is 0.546. The fourth-order valence-electron chi connectivity index (χ4n) is 1.94. The Bertz CT molecular complexity index is 724. The molecule has 0 fully saturated rings. The Hall–Kier alpha value is -3.09. The van der Waals surface area contributed by atoms with E-state index in [4.69, 9.17) is 9.15 Å².